The predicted octanol–water partition coefficient (Wildman–Crippen LogP) is 3.99. The van der Waals surface area contributed by atoms with Gasteiger partial charge >= 0.3 is 11.8 Å². The molecular weight excluding hydrogens is 416 g/mol. The molecule has 3 aromatic carbocycles. The summed E-state index contributed by atoms with van der Waals surface area (Å²) in [5.74, 6) is -2.37. The maximum Gasteiger partial charge on any atom is 0.329 e. The lowest BCUT2D eigenvalue weighted by molar-refractivity contribution is -0.136. The summed E-state index contributed by atoms with van der Waals surface area (Å²) in [6, 6.07) is 20.6. The fraction of sp³-hybridized carbons (Fsp3) is 0.0435. The number of anilines is 2. The van der Waals surface area contributed by atoms with Gasteiger partial charge in [0.25, 0.3) is 5.91 Å². The zero-order chi connectivity index (χ0) is 22.2. The smallest absolute Gasteiger partial charge is 0.322 e. The average molecular weight is 435 g/mol. The topological polar surface area (TPSA) is 99.7 Å². The minimum absolute atomic E-state index is 0.197. The van der Waals surface area contributed by atoms with Crippen LogP contribution in [0.4, 0.5) is 11.4 Å². The molecule has 0 heterocycles. The molecule has 3 amide bonds. The van der Waals surface area contributed by atoms with Crippen molar-refractivity contribution in [2.45, 2.75) is 6.92 Å². The molecule has 3 N–H and O–H groups in total. The van der Waals surface area contributed by atoms with E-state index in [-0.39, 0.29) is 11.3 Å². The first-order valence-electron chi connectivity index (χ1n) is 9.30. The molecular formula is C23H19ClN4O3. The number of rotatable bonds is 5. The Hall–Kier alpha value is -3.97. The molecule has 0 unspecified atom stereocenters. The van der Waals surface area contributed by atoms with Crippen LogP contribution in [0.15, 0.2) is 77.9 Å². The highest BCUT2D eigenvalue weighted by molar-refractivity contribution is 6.40. The number of benzene rings is 3. The first-order valence-corrected chi connectivity index (χ1v) is 9.68. The van der Waals surface area contributed by atoms with Gasteiger partial charge in [0.05, 0.1) is 17.5 Å². The van der Waals surface area contributed by atoms with Crippen LogP contribution in [-0.4, -0.2) is 23.9 Å². The largest absolute Gasteiger partial charge is 0.329 e. The van der Waals surface area contributed by atoms with E-state index in [1.165, 1.54) is 12.3 Å². The van der Waals surface area contributed by atoms with E-state index >= 15 is 0 Å². The van der Waals surface area contributed by atoms with Gasteiger partial charge < -0.3 is 10.6 Å². The second-order valence-electron chi connectivity index (χ2n) is 6.54. The molecule has 0 spiro atoms. The molecule has 0 radical (unpaired) electrons. The van der Waals surface area contributed by atoms with E-state index in [1.54, 1.807) is 54.6 Å². The summed E-state index contributed by atoms with van der Waals surface area (Å²) in [6.07, 6.45) is 1.33. The summed E-state index contributed by atoms with van der Waals surface area (Å²) in [4.78, 5) is 36.9. The Kier molecular flexibility index (Phi) is 7.13. The Labute approximate surface area is 184 Å². The lowest BCUT2D eigenvalue weighted by atomic mass is 10.1. The second-order valence-corrected chi connectivity index (χ2v) is 6.95. The van der Waals surface area contributed by atoms with Crippen LogP contribution >= 0.6 is 11.6 Å². The van der Waals surface area contributed by atoms with Crippen molar-refractivity contribution in [1.29, 1.82) is 0 Å². The van der Waals surface area contributed by atoms with E-state index in [9.17, 15) is 14.4 Å². The van der Waals surface area contributed by atoms with Gasteiger partial charge in [0.2, 0.25) is 0 Å². The number of carbonyl (C=O) groups is 3. The Morgan fingerprint density at radius 2 is 1.52 bits per heavy atom. The van der Waals surface area contributed by atoms with Crippen molar-refractivity contribution in [3.63, 3.8) is 0 Å². The summed E-state index contributed by atoms with van der Waals surface area (Å²) in [7, 11) is 0. The monoisotopic (exact) mass is 434 g/mol. The first-order chi connectivity index (χ1) is 14.9. The Bertz CT molecular complexity index is 1140. The molecule has 3 rings (SSSR count). The van der Waals surface area contributed by atoms with Crippen molar-refractivity contribution in [3.8, 4) is 0 Å². The molecule has 0 atom stereocenters. The van der Waals surface area contributed by atoms with E-state index in [4.69, 9.17) is 11.6 Å². The highest BCUT2D eigenvalue weighted by Crippen LogP contribution is 2.18. The number of carbonyl (C=O) groups excluding carboxylic acids is 3. The Balaban J connectivity index is 1.64. The van der Waals surface area contributed by atoms with Gasteiger partial charge in [-0.1, -0.05) is 59.6 Å². The molecule has 3 aromatic rings. The third-order valence-corrected chi connectivity index (χ3v) is 4.55. The van der Waals surface area contributed by atoms with E-state index in [2.05, 4.69) is 21.2 Å². The lowest BCUT2D eigenvalue weighted by Crippen LogP contribution is -2.33. The number of hydrogen-bond donors (Lipinski definition) is 3. The van der Waals surface area contributed by atoms with Gasteiger partial charge in [0.15, 0.2) is 0 Å². The number of amides is 3. The summed E-state index contributed by atoms with van der Waals surface area (Å²) >= 11 is 6.00. The van der Waals surface area contributed by atoms with E-state index in [0.29, 0.717) is 16.3 Å². The number of aryl methyl sites for hydroxylation is 1. The molecule has 156 valence electrons. The van der Waals surface area contributed by atoms with Crippen molar-refractivity contribution in [1.82, 2.24) is 5.43 Å². The fourth-order valence-electron chi connectivity index (χ4n) is 2.60. The molecule has 0 aliphatic carbocycles. The number of halogens is 1. The summed E-state index contributed by atoms with van der Waals surface area (Å²) in [5.41, 5.74) is 4.80. The third-order valence-electron chi connectivity index (χ3n) is 4.21. The highest BCUT2D eigenvalue weighted by Gasteiger charge is 2.17. The van der Waals surface area contributed by atoms with E-state index in [0.717, 1.165) is 5.56 Å². The van der Waals surface area contributed by atoms with Crippen molar-refractivity contribution in [2.75, 3.05) is 10.6 Å². The number of hydrogen-bond acceptors (Lipinski definition) is 4. The highest BCUT2D eigenvalue weighted by atomic mass is 35.5. The second kappa shape index (κ2) is 10.2. The van der Waals surface area contributed by atoms with Crippen molar-refractivity contribution >= 4 is 46.9 Å². The van der Waals surface area contributed by atoms with Gasteiger partial charge in [-0.05, 0) is 37.3 Å². The summed E-state index contributed by atoms with van der Waals surface area (Å²) in [6.45, 7) is 1.94. The maximum absolute atomic E-state index is 12.6. The Morgan fingerprint density at radius 3 is 2.26 bits per heavy atom. The van der Waals surface area contributed by atoms with E-state index < -0.39 is 17.7 Å². The Morgan fingerprint density at radius 1 is 0.839 bits per heavy atom. The van der Waals surface area contributed by atoms with Gasteiger partial charge in [-0.25, -0.2) is 5.43 Å². The van der Waals surface area contributed by atoms with Crippen LogP contribution in [0, 0.1) is 6.92 Å². The van der Waals surface area contributed by atoms with E-state index in [1.807, 2.05) is 19.1 Å². The van der Waals surface area contributed by atoms with Crippen LogP contribution in [0.1, 0.15) is 21.5 Å². The minimum atomic E-state index is -0.989. The molecule has 31 heavy (non-hydrogen) atoms. The van der Waals surface area contributed by atoms with Crippen LogP contribution in [0.5, 0.6) is 0 Å². The van der Waals surface area contributed by atoms with Crippen LogP contribution in [0.3, 0.4) is 0 Å². The third kappa shape index (κ3) is 6.01. The van der Waals surface area contributed by atoms with Crippen LogP contribution < -0.4 is 16.1 Å². The maximum atomic E-state index is 12.6. The van der Waals surface area contributed by atoms with Gasteiger partial charge in [0.1, 0.15) is 0 Å². The molecule has 0 fully saturated rings. The SMILES string of the molecule is Cc1ccc(NC(=O)c2ccccc2NC(=O)C(=O)NN=Cc2ccccc2Cl)cc1. The van der Waals surface area contributed by atoms with Crippen LogP contribution in [0.2, 0.25) is 5.02 Å². The van der Waals surface area contributed by atoms with Crippen molar-refractivity contribution < 1.29 is 14.4 Å². The molecule has 0 saturated carbocycles. The molecule has 0 aromatic heterocycles. The lowest BCUT2D eigenvalue weighted by Gasteiger charge is -2.11. The van der Waals surface area contributed by atoms with Gasteiger partial charge in [0, 0.05) is 16.3 Å². The summed E-state index contributed by atoms with van der Waals surface area (Å²) in [5, 5.41) is 9.39. The number of nitrogens with zero attached hydrogens (tertiary/aromatic N) is 1. The van der Waals surface area contributed by atoms with Gasteiger partial charge in [-0.3, -0.25) is 14.4 Å². The predicted molar refractivity (Wildman–Crippen MR) is 121 cm³/mol. The van der Waals surface area contributed by atoms with Crippen molar-refractivity contribution in [3.05, 3.63) is 94.5 Å². The van der Waals surface area contributed by atoms with Crippen LogP contribution in [-0.2, 0) is 9.59 Å². The fourth-order valence-corrected chi connectivity index (χ4v) is 2.78. The van der Waals surface area contributed by atoms with Crippen molar-refractivity contribution in [2.24, 2.45) is 5.10 Å². The number of nitrogens with one attached hydrogen (secondary N) is 3. The molecule has 0 saturated heterocycles. The quantitative estimate of drug-likeness (QED) is 0.321. The summed E-state index contributed by atoms with van der Waals surface area (Å²) < 4.78 is 0. The minimum Gasteiger partial charge on any atom is -0.322 e. The molecule has 7 nitrogen and oxygen atoms in total. The first kappa shape index (κ1) is 21.7. The van der Waals surface area contributed by atoms with Gasteiger partial charge in [-0.15, -0.1) is 0 Å². The zero-order valence-corrected chi connectivity index (χ0v) is 17.3. The normalized spacial score (nSPS) is 10.5. The number of para-hydroxylation sites is 1. The standard InChI is InChI=1S/C23H19ClN4O3/c1-15-10-12-17(13-11-15)26-21(29)18-7-3-5-9-20(18)27-22(30)23(31)28-25-14-16-6-2-4-8-19(16)24/h2-14H,1H3,(H,26,29)(H,27,30)(H,28,31). The van der Waals surface area contributed by atoms with Gasteiger partial charge in [-0.2, -0.15) is 5.10 Å². The number of hydrazone groups is 1. The molecule has 8 heteroatoms. The molecule has 0 aliphatic heterocycles. The van der Waals surface area contributed by atoms with Crippen LogP contribution in [0.25, 0.3) is 0 Å². The zero-order valence-electron chi connectivity index (χ0n) is 16.6. The molecule has 0 aliphatic rings. The molecule has 0 bridgehead atoms. The average Bonchev–Trinajstić information content (AvgIpc) is 2.77.